The number of rotatable bonds is 6. The Morgan fingerprint density at radius 3 is 1.70 bits per heavy atom. The zero-order chi connectivity index (χ0) is 7.82. The quantitative estimate of drug-likeness (QED) is 0.663. The van der Waals surface area contributed by atoms with Crippen LogP contribution in [0.2, 0.25) is 0 Å². The Labute approximate surface area is 80.4 Å². The Kier molecular flexibility index (Phi) is 8.61. The van der Waals surface area contributed by atoms with Crippen LogP contribution in [0.3, 0.4) is 0 Å². The third kappa shape index (κ3) is 6.96. The zero-order valence-corrected chi connectivity index (χ0v) is 9.65. The van der Waals surface area contributed by atoms with Gasteiger partial charge in [-0.1, -0.05) is 0 Å². The molecule has 0 saturated carbocycles. The molecule has 0 aliphatic carbocycles. The van der Waals surface area contributed by atoms with E-state index in [2.05, 4.69) is 16.7 Å². The average Bonchev–Trinajstić information content (AvgIpc) is 1.97. The van der Waals surface area contributed by atoms with Gasteiger partial charge in [-0.15, -0.1) is 0 Å². The van der Waals surface area contributed by atoms with Crippen LogP contribution in [0.15, 0.2) is 0 Å². The van der Waals surface area contributed by atoms with Crippen molar-refractivity contribution < 1.29 is 25.0 Å². The van der Waals surface area contributed by atoms with Gasteiger partial charge in [-0.05, 0) is 0 Å². The predicted molar refractivity (Wildman–Crippen MR) is 41.4 cm³/mol. The molecule has 0 bridgehead atoms. The molecule has 0 aromatic rings. The Morgan fingerprint density at radius 2 is 1.40 bits per heavy atom. The second kappa shape index (κ2) is 7.94. The Morgan fingerprint density at radius 1 is 1.00 bits per heavy atom. The van der Waals surface area contributed by atoms with Gasteiger partial charge in [-0.25, -0.2) is 0 Å². The topological polar surface area (TPSA) is 3.24 Å². The van der Waals surface area contributed by atoms with E-state index in [1.807, 2.05) is 0 Å². The fourth-order valence-corrected chi connectivity index (χ4v) is 1.59. The molecule has 0 fully saturated rings. The fourth-order valence-electron chi connectivity index (χ4n) is 0.810. The SMILES string of the molecule is CCCC[N]([Zr])CCCC. The molecule has 2 heteroatoms. The van der Waals surface area contributed by atoms with E-state index < -0.39 is 0 Å². The molecule has 0 spiro atoms. The van der Waals surface area contributed by atoms with Gasteiger partial charge in [-0.2, -0.15) is 0 Å². The van der Waals surface area contributed by atoms with Crippen LogP contribution in [-0.2, 0) is 25.0 Å². The van der Waals surface area contributed by atoms with Crippen LogP contribution in [0, 0.1) is 0 Å². The molecular formula is C8H18NZr. The van der Waals surface area contributed by atoms with Gasteiger partial charge in [0.25, 0.3) is 0 Å². The van der Waals surface area contributed by atoms with Crippen LogP contribution < -0.4 is 0 Å². The van der Waals surface area contributed by atoms with Crippen LogP contribution in [0.25, 0.3) is 0 Å². The van der Waals surface area contributed by atoms with Crippen molar-refractivity contribution in [1.82, 2.24) is 2.84 Å². The molecular weight excluding hydrogens is 201 g/mol. The molecule has 0 atom stereocenters. The van der Waals surface area contributed by atoms with Gasteiger partial charge in [0.05, 0.1) is 0 Å². The zero-order valence-electron chi connectivity index (χ0n) is 7.19. The maximum absolute atomic E-state index is 2.51. The van der Waals surface area contributed by atoms with Crippen molar-refractivity contribution in [3.8, 4) is 0 Å². The van der Waals surface area contributed by atoms with E-state index in [4.69, 9.17) is 0 Å². The van der Waals surface area contributed by atoms with Crippen molar-refractivity contribution in [2.45, 2.75) is 39.5 Å². The van der Waals surface area contributed by atoms with Gasteiger partial charge in [0.15, 0.2) is 0 Å². The van der Waals surface area contributed by atoms with E-state index in [-0.39, 0.29) is 0 Å². The van der Waals surface area contributed by atoms with Crippen LogP contribution in [0.4, 0.5) is 0 Å². The van der Waals surface area contributed by atoms with Crippen molar-refractivity contribution in [2.24, 2.45) is 0 Å². The minimum atomic E-state index is 1.31. The Hall–Kier alpha value is 0.843. The summed E-state index contributed by atoms with van der Waals surface area (Å²) in [5, 5.41) is 0. The normalized spacial score (nSPS) is 10.6. The molecule has 0 radical (unpaired) electrons. The molecule has 0 amide bonds. The standard InChI is InChI=1S/C8H18N.Zr/c1-3-5-7-9-8-6-4-2;/h3-8H2,1-2H3;/q-1;+1. The molecule has 10 heavy (non-hydrogen) atoms. The molecule has 0 heterocycles. The summed E-state index contributed by atoms with van der Waals surface area (Å²) in [7, 11) is 0. The number of unbranched alkanes of at least 4 members (excludes halogenated alkanes) is 2. The maximum atomic E-state index is 2.51. The van der Waals surface area contributed by atoms with E-state index in [1.165, 1.54) is 38.8 Å². The van der Waals surface area contributed by atoms with E-state index in [1.54, 1.807) is 25.0 Å². The van der Waals surface area contributed by atoms with Crippen LogP contribution in [-0.4, -0.2) is 15.9 Å². The number of hydrogen-bond donors (Lipinski definition) is 0. The summed E-state index contributed by atoms with van der Waals surface area (Å²) >= 11 is 1.59. The molecule has 59 valence electrons. The van der Waals surface area contributed by atoms with Crippen LogP contribution >= 0.6 is 0 Å². The molecule has 0 rings (SSSR count). The summed E-state index contributed by atoms with van der Waals surface area (Å²) < 4.78 is 2.51. The Bertz CT molecular complexity index is 58.3. The van der Waals surface area contributed by atoms with Gasteiger partial charge in [-0.3, -0.25) is 0 Å². The number of nitrogens with zero attached hydrogens (tertiary/aromatic N) is 1. The summed E-state index contributed by atoms with van der Waals surface area (Å²) in [5.74, 6) is 0. The molecule has 0 aliphatic rings. The molecule has 0 aromatic heterocycles. The molecule has 0 unspecified atom stereocenters. The predicted octanol–water partition coefficient (Wildman–Crippen LogP) is 2.35. The Balaban J connectivity index is 3.00. The van der Waals surface area contributed by atoms with Crippen molar-refractivity contribution in [2.75, 3.05) is 13.1 Å². The summed E-state index contributed by atoms with van der Waals surface area (Å²) in [6, 6.07) is 0. The molecule has 1 nitrogen and oxygen atoms in total. The summed E-state index contributed by atoms with van der Waals surface area (Å²) in [4.78, 5) is 0. The first kappa shape index (κ1) is 10.8. The summed E-state index contributed by atoms with van der Waals surface area (Å²) in [6.07, 6.45) is 5.40. The van der Waals surface area contributed by atoms with Gasteiger partial charge in [0, 0.05) is 0 Å². The molecule has 0 N–H and O–H groups in total. The fraction of sp³-hybridized carbons (Fsp3) is 1.00. The second-order valence-electron chi connectivity index (χ2n) is 2.69. The van der Waals surface area contributed by atoms with Gasteiger partial charge >= 0.3 is 80.5 Å². The first-order valence-corrected chi connectivity index (χ1v) is 5.37. The third-order valence-electron chi connectivity index (χ3n) is 1.56. The average molecular weight is 219 g/mol. The van der Waals surface area contributed by atoms with Gasteiger partial charge < -0.3 is 0 Å². The van der Waals surface area contributed by atoms with Gasteiger partial charge in [0.2, 0.25) is 0 Å². The van der Waals surface area contributed by atoms with Crippen molar-refractivity contribution in [1.29, 1.82) is 0 Å². The third-order valence-corrected chi connectivity index (χ3v) is 2.66. The van der Waals surface area contributed by atoms with E-state index in [0.717, 1.165) is 0 Å². The molecule has 0 saturated heterocycles. The van der Waals surface area contributed by atoms with E-state index in [9.17, 15) is 0 Å². The minimum absolute atomic E-state index is 1.31. The van der Waals surface area contributed by atoms with Crippen molar-refractivity contribution >= 4 is 0 Å². The van der Waals surface area contributed by atoms with E-state index in [0.29, 0.717) is 0 Å². The first-order valence-electron chi connectivity index (χ1n) is 4.27. The monoisotopic (exact) mass is 218 g/mol. The number of hydrogen-bond acceptors (Lipinski definition) is 1. The second-order valence-corrected chi connectivity index (χ2v) is 4.25. The molecule has 0 aliphatic heterocycles. The van der Waals surface area contributed by atoms with Crippen molar-refractivity contribution in [3.63, 3.8) is 0 Å². The summed E-state index contributed by atoms with van der Waals surface area (Å²) in [6.45, 7) is 7.14. The van der Waals surface area contributed by atoms with Gasteiger partial charge in [0.1, 0.15) is 0 Å². The van der Waals surface area contributed by atoms with Crippen LogP contribution in [0.1, 0.15) is 39.5 Å². The molecule has 0 aromatic carbocycles. The van der Waals surface area contributed by atoms with E-state index >= 15 is 0 Å². The summed E-state index contributed by atoms with van der Waals surface area (Å²) in [5.41, 5.74) is 0. The van der Waals surface area contributed by atoms with Crippen LogP contribution in [0.5, 0.6) is 0 Å². The first-order chi connectivity index (χ1) is 4.81. The van der Waals surface area contributed by atoms with Crippen molar-refractivity contribution in [3.05, 3.63) is 0 Å².